The van der Waals surface area contributed by atoms with Crippen LogP contribution >= 0.6 is 0 Å². The molecule has 0 radical (unpaired) electrons. The molecule has 2 aliphatic rings. The van der Waals surface area contributed by atoms with Gasteiger partial charge in [0.15, 0.2) is 6.10 Å². The Morgan fingerprint density at radius 2 is 2.24 bits per heavy atom. The fraction of sp³-hybridized carbons (Fsp3) is 0.467. The third-order valence-corrected chi connectivity index (χ3v) is 3.63. The Balaban J connectivity index is 1.49. The van der Waals surface area contributed by atoms with E-state index in [9.17, 15) is 9.59 Å². The maximum Gasteiger partial charge on any atom is 0.265 e. The molecule has 2 heterocycles. The standard InChI is InChI=1S/C15H18N2O4/c18-14(12-6-3-9-20-12)16-8-7-13-15(19)17-10-4-1-2-5-11(10)21-13/h1-2,4-5,12-13H,3,6-9H2,(H,16,18)(H,17,19). The van der Waals surface area contributed by atoms with Crippen molar-refractivity contribution in [3.05, 3.63) is 24.3 Å². The predicted octanol–water partition coefficient (Wildman–Crippen LogP) is 1.07. The minimum Gasteiger partial charge on any atom is -0.478 e. The molecule has 3 rings (SSSR count). The van der Waals surface area contributed by atoms with Crippen molar-refractivity contribution in [1.29, 1.82) is 0 Å². The number of rotatable bonds is 4. The molecule has 1 fully saturated rings. The van der Waals surface area contributed by atoms with Gasteiger partial charge < -0.3 is 20.1 Å². The number of carbonyl (C=O) groups excluding carboxylic acids is 2. The van der Waals surface area contributed by atoms with E-state index < -0.39 is 6.10 Å². The lowest BCUT2D eigenvalue weighted by Crippen LogP contribution is -2.41. The summed E-state index contributed by atoms with van der Waals surface area (Å²) in [5.74, 6) is 0.372. The first kappa shape index (κ1) is 13.9. The number of hydrogen-bond acceptors (Lipinski definition) is 4. The van der Waals surface area contributed by atoms with Crippen LogP contribution in [0.3, 0.4) is 0 Å². The summed E-state index contributed by atoms with van der Waals surface area (Å²) in [6, 6.07) is 7.30. The zero-order valence-electron chi connectivity index (χ0n) is 11.6. The fourth-order valence-corrected chi connectivity index (χ4v) is 2.51. The molecule has 2 N–H and O–H groups in total. The van der Waals surface area contributed by atoms with Gasteiger partial charge in [-0.1, -0.05) is 12.1 Å². The highest BCUT2D eigenvalue weighted by atomic mass is 16.5. The van der Waals surface area contributed by atoms with Crippen LogP contribution in [-0.2, 0) is 14.3 Å². The number of fused-ring (bicyclic) bond motifs is 1. The van der Waals surface area contributed by atoms with Crippen LogP contribution in [0.4, 0.5) is 5.69 Å². The number of amides is 2. The molecule has 0 aromatic heterocycles. The van der Waals surface area contributed by atoms with Gasteiger partial charge >= 0.3 is 0 Å². The summed E-state index contributed by atoms with van der Waals surface area (Å²) in [5, 5.41) is 5.59. The Hall–Kier alpha value is -2.08. The van der Waals surface area contributed by atoms with Gasteiger partial charge in [0, 0.05) is 19.6 Å². The molecule has 112 valence electrons. The highest BCUT2D eigenvalue weighted by Crippen LogP contribution is 2.29. The van der Waals surface area contributed by atoms with E-state index >= 15 is 0 Å². The lowest BCUT2D eigenvalue weighted by atomic mass is 10.1. The predicted molar refractivity (Wildman–Crippen MR) is 76.1 cm³/mol. The molecule has 1 aromatic rings. The van der Waals surface area contributed by atoms with Crippen LogP contribution in [0.25, 0.3) is 0 Å². The molecule has 2 amide bonds. The molecule has 2 unspecified atom stereocenters. The van der Waals surface area contributed by atoms with Crippen LogP contribution < -0.4 is 15.4 Å². The Morgan fingerprint density at radius 3 is 3.05 bits per heavy atom. The van der Waals surface area contributed by atoms with Crippen molar-refractivity contribution in [1.82, 2.24) is 5.32 Å². The highest BCUT2D eigenvalue weighted by Gasteiger charge is 2.28. The zero-order valence-corrected chi connectivity index (χ0v) is 11.6. The molecule has 0 spiro atoms. The van der Waals surface area contributed by atoms with E-state index in [2.05, 4.69) is 10.6 Å². The Labute approximate surface area is 122 Å². The van der Waals surface area contributed by atoms with Gasteiger partial charge in [-0.05, 0) is 25.0 Å². The average Bonchev–Trinajstić information content (AvgIpc) is 3.02. The Kier molecular flexibility index (Phi) is 4.06. The summed E-state index contributed by atoms with van der Waals surface area (Å²) in [4.78, 5) is 23.7. The summed E-state index contributed by atoms with van der Waals surface area (Å²) in [7, 11) is 0. The van der Waals surface area contributed by atoms with Crippen LogP contribution in [0.2, 0.25) is 0 Å². The summed E-state index contributed by atoms with van der Waals surface area (Å²) in [6.07, 6.45) is 1.19. The van der Waals surface area contributed by atoms with Crippen molar-refractivity contribution >= 4 is 17.5 Å². The van der Waals surface area contributed by atoms with E-state index in [1.807, 2.05) is 18.2 Å². The van der Waals surface area contributed by atoms with Gasteiger partial charge in [0.05, 0.1) is 5.69 Å². The van der Waals surface area contributed by atoms with Gasteiger partial charge in [0.1, 0.15) is 11.9 Å². The minimum atomic E-state index is -0.579. The largest absolute Gasteiger partial charge is 0.478 e. The van der Waals surface area contributed by atoms with E-state index in [0.29, 0.717) is 31.0 Å². The number of benzene rings is 1. The van der Waals surface area contributed by atoms with Crippen molar-refractivity contribution in [3.63, 3.8) is 0 Å². The van der Waals surface area contributed by atoms with E-state index in [1.54, 1.807) is 6.07 Å². The first-order chi connectivity index (χ1) is 10.2. The normalized spacial score (nSPS) is 23.9. The second-order valence-corrected chi connectivity index (χ2v) is 5.17. The number of ether oxygens (including phenoxy) is 2. The van der Waals surface area contributed by atoms with E-state index in [1.165, 1.54) is 0 Å². The number of para-hydroxylation sites is 2. The van der Waals surface area contributed by atoms with Gasteiger partial charge in [-0.25, -0.2) is 0 Å². The van der Waals surface area contributed by atoms with Crippen LogP contribution in [0.1, 0.15) is 19.3 Å². The highest BCUT2D eigenvalue weighted by molar-refractivity contribution is 5.97. The number of anilines is 1. The first-order valence-electron chi connectivity index (χ1n) is 7.20. The van der Waals surface area contributed by atoms with Crippen LogP contribution in [0.15, 0.2) is 24.3 Å². The van der Waals surface area contributed by atoms with Crippen LogP contribution in [0.5, 0.6) is 5.75 Å². The molecule has 0 saturated carbocycles. The number of nitrogens with one attached hydrogen (secondary N) is 2. The lowest BCUT2D eigenvalue weighted by molar-refractivity contribution is -0.130. The Bertz CT molecular complexity index is 540. The maximum atomic E-state index is 11.9. The fourth-order valence-electron chi connectivity index (χ4n) is 2.51. The van der Waals surface area contributed by atoms with Crippen molar-refractivity contribution in [2.75, 3.05) is 18.5 Å². The van der Waals surface area contributed by atoms with Crippen molar-refractivity contribution in [3.8, 4) is 5.75 Å². The quantitative estimate of drug-likeness (QED) is 0.869. The SMILES string of the molecule is O=C(NCCC1Oc2ccccc2NC1=O)C1CCCO1. The van der Waals surface area contributed by atoms with Gasteiger partial charge in [-0.15, -0.1) is 0 Å². The van der Waals surface area contributed by atoms with Gasteiger partial charge in [0.2, 0.25) is 5.91 Å². The van der Waals surface area contributed by atoms with E-state index in [4.69, 9.17) is 9.47 Å². The minimum absolute atomic E-state index is 0.107. The van der Waals surface area contributed by atoms with Gasteiger partial charge in [0.25, 0.3) is 5.91 Å². The molecular weight excluding hydrogens is 272 g/mol. The average molecular weight is 290 g/mol. The number of carbonyl (C=O) groups is 2. The van der Waals surface area contributed by atoms with Gasteiger partial charge in [-0.2, -0.15) is 0 Å². The summed E-state index contributed by atoms with van der Waals surface area (Å²) in [6.45, 7) is 1.03. The lowest BCUT2D eigenvalue weighted by Gasteiger charge is -2.25. The molecule has 0 bridgehead atoms. The smallest absolute Gasteiger partial charge is 0.265 e. The van der Waals surface area contributed by atoms with Crippen LogP contribution in [0, 0.1) is 0 Å². The van der Waals surface area contributed by atoms with Crippen molar-refractivity contribution in [2.45, 2.75) is 31.5 Å². The monoisotopic (exact) mass is 290 g/mol. The third kappa shape index (κ3) is 3.16. The van der Waals surface area contributed by atoms with Crippen molar-refractivity contribution < 1.29 is 19.1 Å². The van der Waals surface area contributed by atoms with Gasteiger partial charge in [-0.3, -0.25) is 9.59 Å². The summed E-state index contributed by atoms with van der Waals surface area (Å²) in [5.41, 5.74) is 0.683. The molecule has 1 aromatic carbocycles. The van der Waals surface area contributed by atoms with Crippen LogP contribution in [-0.4, -0.2) is 37.2 Å². The maximum absolute atomic E-state index is 11.9. The zero-order chi connectivity index (χ0) is 14.7. The second kappa shape index (κ2) is 6.13. The molecule has 21 heavy (non-hydrogen) atoms. The third-order valence-electron chi connectivity index (χ3n) is 3.63. The molecule has 6 heteroatoms. The molecule has 6 nitrogen and oxygen atoms in total. The molecule has 0 aliphatic carbocycles. The topological polar surface area (TPSA) is 76.7 Å². The second-order valence-electron chi connectivity index (χ2n) is 5.17. The van der Waals surface area contributed by atoms with Crippen molar-refractivity contribution in [2.24, 2.45) is 0 Å². The molecular formula is C15H18N2O4. The molecule has 1 saturated heterocycles. The summed E-state index contributed by atoms with van der Waals surface area (Å²) < 4.78 is 11.0. The Morgan fingerprint density at radius 1 is 1.38 bits per heavy atom. The molecule has 2 atom stereocenters. The van der Waals surface area contributed by atoms with E-state index in [0.717, 1.165) is 12.8 Å². The number of hydrogen-bond donors (Lipinski definition) is 2. The van der Waals surface area contributed by atoms with E-state index in [-0.39, 0.29) is 17.9 Å². The first-order valence-corrected chi connectivity index (χ1v) is 7.20. The molecule has 2 aliphatic heterocycles. The summed E-state index contributed by atoms with van der Waals surface area (Å²) >= 11 is 0.